The molecule has 0 saturated carbocycles. The van der Waals surface area contributed by atoms with Crippen molar-refractivity contribution in [2.75, 3.05) is 14.1 Å². The zero-order chi connectivity index (χ0) is 23.9. The van der Waals surface area contributed by atoms with Gasteiger partial charge in [-0.3, -0.25) is 24.1 Å². The normalized spacial score (nSPS) is 32.1. The van der Waals surface area contributed by atoms with Crippen molar-refractivity contribution in [3.63, 3.8) is 0 Å². The summed E-state index contributed by atoms with van der Waals surface area (Å²) in [5, 5.41) is 43.8. The molecular formula is C22H22N2O8. The fourth-order valence-corrected chi connectivity index (χ4v) is 5.21. The van der Waals surface area contributed by atoms with Crippen LogP contribution in [0.3, 0.4) is 0 Å². The van der Waals surface area contributed by atoms with Crippen LogP contribution < -0.4 is 5.73 Å². The smallest absolute Gasteiger partial charge is 0.255 e. The molecule has 32 heavy (non-hydrogen) atoms. The van der Waals surface area contributed by atoms with Crippen LogP contribution in [0.5, 0.6) is 5.75 Å². The Bertz CT molecular complexity index is 1190. The molecule has 1 aromatic carbocycles. The van der Waals surface area contributed by atoms with Crippen LogP contribution in [0, 0.1) is 5.92 Å². The summed E-state index contributed by atoms with van der Waals surface area (Å²) in [4.78, 5) is 53.1. The highest BCUT2D eigenvalue weighted by Gasteiger charge is 2.65. The standard InChI is InChI=1S/C22H22N2O8/c1-21(31)8-5-4-6-11(25)12(8)16(26)13-9(21)7-10-15(24(2)3)17(27)14(20(23)30)19(29)22(10,32)18(13)28/h4-6,10,15,25,29,31-32H,7H2,1-3H3,(H2,23,30)/t10-,15-,21+,22-/m0/s1. The Labute approximate surface area is 182 Å². The van der Waals surface area contributed by atoms with Crippen LogP contribution in [0.2, 0.25) is 0 Å². The number of nitrogens with two attached hydrogens (primary N) is 1. The van der Waals surface area contributed by atoms with Gasteiger partial charge in [0, 0.05) is 11.5 Å². The summed E-state index contributed by atoms with van der Waals surface area (Å²) >= 11 is 0. The van der Waals surface area contributed by atoms with E-state index in [4.69, 9.17) is 5.73 Å². The molecule has 4 rings (SSSR count). The fourth-order valence-electron chi connectivity index (χ4n) is 5.21. The van der Waals surface area contributed by atoms with E-state index >= 15 is 0 Å². The number of rotatable bonds is 2. The van der Waals surface area contributed by atoms with Gasteiger partial charge in [-0.05, 0) is 39.1 Å². The number of nitrogens with zero attached hydrogens (tertiary/aromatic N) is 1. The quantitative estimate of drug-likeness (QED) is 0.368. The number of benzene rings is 1. The van der Waals surface area contributed by atoms with Crippen molar-refractivity contribution < 1.29 is 39.6 Å². The lowest BCUT2D eigenvalue weighted by Crippen LogP contribution is -2.65. The molecule has 6 N–H and O–H groups in total. The highest BCUT2D eigenvalue weighted by molar-refractivity contribution is 6.33. The summed E-state index contributed by atoms with van der Waals surface area (Å²) in [6, 6.07) is 2.82. The first-order chi connectivity index (χ1) is 14.8. The molecular weight excluding hydrogens is 420 g/mol. The molecule has 168 valence electrons. The minimum Gasteiger partial charge on any atom is -0.508 e. The number of hydrogen-bond donors (Lipinski definition) is 5. The zero-order valence-electron chi connectivity index (χ0n) is 17.5. The molecule has 0 saturated heterocycles. The summed E-state index contributed by atoms with van der Waals surface area (Å²) in [7, 11) is 2.96. The first kappa shape index (κ1) is 21.9. The number of likely N-dealkylation sites (N-methyl/N-ethyl adjacent to an activating group) is 1. The number of phenolic OH excluding ortho intramolecular Hbond substituents is 1. The average Bonchev–Trinajstić information content (AvgIpc) is 2.68. The van der Waals surface area contributed by atoms with Gasteiger partial charge in [-0.15, -0.1) is 0 Å². The van der Waals surface area contributed by atoms with E-state index in [0.717, 1.165) is 0 Å². The Morgan fingerprint density at radius 1 is 1.16 bits per heavy atom. The maximum atomic E-state index is 13.6. The number of hydrogen-bond acceptors (Lipinski definition) is 9. The molecule has 3 aliphatic rings. The van der Waals surface area contributed by atoms with Crippen LogP contribution >= 0.6 is 0 Å². The van der Waals surface area contributed by atoms with Crippen LogP contribution in [0.15, 0.2) is 40.7 Å². The van der Waals surface area contributed by atoms with Gasteiger partial charge in [-0.1, -0.05) is 12.1 Å². The van der Waals surface area contributed by atoms with E-state index in [2.05, 4.69) is 0 Å². The molecule has 0 aliphatic heterocycles. The number of phenols is 1. The Kier molecular flexibility index (Phi) is 4.50. The number of Topliss-reactive ketones (excluding diaryl/α,β-unsaturated/α-hetero) is 3. The largest absolute Gasteiger partial charge is 0.508 e. The van der Waals surface area contributed by atoms with Gasteiger partial charge >= 0.3 is 0 Å². The Balaban J connectivity index is 2.04. The predicted octanol–water partition coefficient (Wildman–Crippen LogP) is -0.777. The molecule has 0 aromatic heterocycles. The SMILES string of the molecule is CN(C)[C@@H]1C(=O)C(C(N)=O)=C(O)[C@@]2(O)C(=O)C3=C(C[C@@H]12)[C@](C)(O)c1cccc(O)c1C3=O. The van der Waals surface area contributed by atoms with E-state index < -0.39 is 69.1 Å². The lowest BCUT2D eigenvalue weighted by atomic mass is 9.57. The van der Waals surface area contributed by atoms with Crippen molar-refractivity contribution in [2.24, 2.45) is 11.7 Å². The van der Waals surface area contributed by atoms with Crippen LogP contribution in [0.4, 0.5) is 0 Å². The minimum atomic E-state index is -2.81. The van der Waals surface area contributed by atoms with Gasteiger partial charge < -0.3 is 26.2 Å². The number of primary amides is 1. The van der Waals surface area contributed by atoms with Crippen LogP contribution in [-0.2, 0) is 20.0 Å². The van der Waals surface area contributed by atoms with Gasteiger partial charge in [-0.25, -0.2) is 0 Å². The third-order valence-electron chi connectivity index (χ3n) is 6.74. The molecule has 10 nitrogen and oxygen atoms in total. The first-order valence-corrected chi connectivity index (χ1v) is 9.82. The van der Waals surface area contributed by atoms with Gasteiger partial charge in [0.05, 0.1) is 17.2 Å². The molecule has 0 radical (unpaired) electrons. The van der Waals surface area contributed by atoms with Crippen LogP contribution in [-0.4, -0.2) is 74.3 Å². The van der Waals surface area contributed by atoms with Crippen molar-refractivity contribution >= 4 is 23.3 Å². The number of carbonyl (C=O) groups is 4. The van der Waals surface area contributed by atoms with Crippen molar-refractivity contribution in [2.45, 2.75) is 30.6 Å². The molecule has 0 bridgehead atoms. The average molecular weight is 442 g/mol. The van der Waals surface area contributed by atoms with Gasteiger partial charge in [0.2, 0.25) is 11.6 Å². The van der Waals surface area contributed by atoms with E-state index in [1.54, 1.807) is 0 Å². The number of aliphatic hydroxyl groups is 3. The highest BCUT2D eigenvalue weighted by Crippen LogP contribution is 2.53. The second kappa shape index (κ2) is 6.58. The van der Waals surface area contributed by atoms with E-state index in [1.807, 2.05) is 0 Å². The van der Waals surface area contributed by atoms with Gasteiger partial charge in [0.1, 0.15) is 22.7 Å². The van der Waals surface area contributed by atoms with E-state index in [-0.39, 0.29) is 23.1 Å². The summed E-state index contributed by atoms with van der Waals surface area (Å²) in [5.74, 6) is -7.44. The third-order valence-corrected chi connectivity index (χ3v) is 6.74. The maximum absolute atomic E-state index is 13.6. The minimum absolute atomic E-state index is 0.0461. The second-order valence-electron chi connectivity index (χ2n) is 8.72. The van der Waals surface area contributed by atoms with E-state index in [9.17, 15) is 39.6 Å². The number of aromatic hydroxyl groups is 1. The zero-order valence-corrected chi connectivity index (χ0v) is 17.5. The second-order valence-corrected chi connectivity index (χ2v) is 8.72. The molecule has 1 aromatic rings. The predicted molar refractivity (Wildman–Crippen MR) is 108 cm³/mol. The summed E-state index contributed by atoms with van der Waals surface area (Å²) in [5.41, 5.74) is -1.25. The summed E-state index contributed by atoms with van der Waals surface area (Å²) in [6.45, 7) is 1.34. The highest BCUT2D eigenvalue weighted by atomic mass is 16.3. The number of fused-ring (bicyclic) bond motifs is 2. The first-order valence-electron chi connectivity index (χ1n) is 9.82. The Hall–Kier alpha value is -3.34. The van der Waals surface area contributed by atoms with Crippen LogP contribution in [0.25, 0.3) is 0 Å². The van der Waals surface area contributed by atoms with E-state index in [0.29, 0.717) is 0 Å². The molecule has 0 fully saturated rings. The lowest BCUT2D eigenvalue weighted by molar-refractivity contribution is -0.150. The van der Waals surface area contributed by atoms with Crippen molar-refractivity contribution in [1.29, 1.82) is 0 Å². The topological polar surface area (TPSA) is 178 Å². The number of aliphatic hydroxyl groups excluding tert-OH is 1. The Morgan fingerprint density at radius 2 is 1.78 bits per heavy atom. The molecule has 4 atom stereocenters. The third kappa shape index (κ3) is 2.45. The molecule has 0 unspecified atom stereocenters. The molecule has 3 aliphatic carbocycles. The number of amides is 1. The van der Waals surface area contributed by atoms with E-state index in [1.165, 1.54) is 44.1 Å². The van der Waals surface area contributed by atoms with Crippen molar-refractivity contribution in [1.82, 2.24) is 4.90 Å². The van der Waals surface area contributed by atoms with Gasteiger partial charge in [0.25, 0.3) is 5.91 Å². The van der Waals surface area contributed by atoms with Crippen molar-refractivity contribution in [3.05, 3.63) is 51.8 Å². The summed E-state index contributed by atoms with van der Waals surface area (Å²) < 4.78 is 0. The monoisotopic (exact) mass is 442 g/mol. The number of carbonyl (C=O) groups excluding carboxylic acids is 4. The Morgan fingerprint density at radius 3 is 2.34 bits per heavy atom. The molecule has 10 heteroatoms. The molecule has 1 amide bonds. The fraction of sp³-hybridized carbons (Fsp3) is 0.364. The summed E-state index contributed by atoms with van der Waals surface area (Å²) in [6.07, 6.45) is -0.323. The van der Waals surface area contributed by atoms with Crippen LogP contribution in [0.1, 0.15) is 29.3 Å². The van der Waals surface area contributed by atoms with Crippen molar-refractivity contribution in [3.8, 4) is 5.75 Å². The number of ketones is 3. The molecule has 0 heterocycles. The maximum Gasteiger partial charge on any atom is 0.255 e. The lowest BCUT2D eigenvalue weighted by Gasteiger charge is -2.50. The van der Waals surface area contributed by atoms with Gasteiger partial charge in [-0.2, -0.15) is 0 Å². The van der Waals surface area contributed by atoms with Gasteiger partial charge in [0.15, 0.2) is 11.4 Å². The molecule has 0 spiro atoms.